The predicted octanol–water partition coefficient (Wildman–Crippen LogP) is 1.38. The van der Waals surface area contributed by atoms with Gasteiger partial charge >= 0.3 is 0 Å². The molecule has 0 saturated carbocycles. The fourth-order valence-corrected chi connectivity index (χ4v) is 1.46. The van der Waals surface area contributed by atoms with Crippen LogP contribution in [0.5, 0.6) is 5.75 Å². The molecule has 5 nitrogen and oxygen atoms in total. The summed E-state index contributed by atoms with van der Waals surface area (Å²) in [7, 11) is 0. The standard InChI is InChI=1S/C12H14F4N2O3/c13-10(11(14)15)12(16)21-7-3-1-2-6(4-7)8(19)5-9(20)18-17/h1-4,8,10-12,19H,5,17H2,(H,18,20). The van der Waals surface area contributed by atoms with Crippen LogP contribution in [-0.4, -0.2) is 30.0 Å². The lowest BCUT2D eigenvalue weighted by atomic mass is 10.1. The Labute approximate surface area is 117 Å². The van der Waals surface area contributed by atoms with Crippen LogP contribution in [0.4, 0.5) is 17.6 Å². The molecule has 0 radical (unpaired) electrons. The molecule has 4 N–H and O–H groups in total. The molecule has 9 heteroatoms. The highest BCUT2D eigenvalue weighted by molar-refractivity contribution is 5.75. The van der Waals surface area contributed by atoms with E-state index in [0.29, 0.717) is 0 Å². The van der Waals surface area contributed by atoms with Gasteiger partial charge in [-0.2, -0.15) is 4.39 Å². The molecule has 3 atom stereocenters. The number of hydrogen-bond donors (Lipinski definition) is 3. The van der Waals surface area contributed by atoms with Crippen molar-refractivity contribution in [3.63, 3.8) is 0 Å². The molecule has 0 saturated heterocycles. The number of nitrogens with two attached hydrogens (primary N) is 1. The van der Waals surface area contributed by atoms with Gasteiger partial charge in [0.1, 0.15) is 5.75 Å². The summed E-state index contributed by atoms with van der Waals surface area (Å²) in [5, 5.41) is 9.72. The van der Waals surface area contributed by atoms with Gasteiger partial charge in [0.15, 0.2) is 0 Å². The number of hydrogen-bond acceptors (Lipinski definition) is 4. The molecule has 21 heavy (non-hydrogen) atoms. The van der Waals surface area contributed by atoms with E-state index in [9.17, 15) is 27.5 Å². The molecule has 0 bridgehead atoms. The predicted molar refractivity (Wildman–Crippen MR) is 64.8 cm³/mol. The molecule has 1 aromatic rings. The van der Waals surface area contributed by atoms with Crippen molar-refractivity contribution >= 4 is 5.91 Å². The third-order valence-corrected chi connectivity index (χ3v) is 2.52. The van der Waals surface area contributed by atoms with Gasteiger partial charge in [-0.15, -0.1) is 0 Å². The number of aliphatic hydroxyl groups excluding tert-OH is 1. The molecule has 0 aliphatic heterocycles. The first kappa shape index (κ1) is 17.2. The largest absolute Gasteiger partial charge is 0.457 e. The summed E-state index contributed by atoms with van der Waals surface area (Å²) in [4.78, 5) is 11.0. The van der Waals surface area contributed by atoms with Gasteiger partial charge in [-0.25, -0.2) is 19.0 Å². The lowest BCUT2D eigenvalue weighted by molar-refractivity contribution is -0.123. The Morgan fingerprint density at radius 1 is 1.33 bits per heavy atom. The number of aliphatic hydroxyl groups is 1. The number of amides is 1. The number of benzene rings is 1. The number of carbonyl (C=O) groups excluding carboxylic acids is 1. The van der Waals surface area contributed by atoms with Gasteiger partial charge in [-0.05, 0) is 17.7 Å². The van der Waals surface area contributed by atoms with Crippen LogP contribution in [0.15, 0.2) is 24.3 Å². The van der Waals surface area contributed by atoms with Crippen molar-refractivity contribution in [3.8, 4) is 5.75 Å². The van der Waals surface area contributed by atoms with Crippen LogP contribution in [0, 0.1) is 0 Å². The van der Waals surface area contributed by atoms with E-state index in [2.05, 4.69) is 4.74 Å². The molecule has 1 aromatic carbocycles. The summed E-state index contributed by atoms with van der Waals surface area (Å²) in [5.41, 5.74) is 1.98. The second-order valence-corrected chi connectivity index (χ2v) is 4.11. The Kier molecular flexibility index (Phi) is 6.38. The van der Waals surface area contributed by atoms with E-state index in [0.717, 1.165) is 6.07 Å². The third-order valence-electron chi connectivity index (χ3n) is 2.52. The van der Waals surface area contributed by atoms with Gasteiger partial charge in [-0.1, -0.05) is 12.1 Å². The highest BCUT2D eigenvalue weighted by Crippen LogP contribution is 2.24. The molecule has 0 aromatic heterocycles. The maximum absolute atomic E-state index is 13.1. The summed E-state index contributed by atoms with van der Waals surface area (Å²) in [6, 6.07) is 5.04. The van der Waals surface area contributed by atoms with E-state index in [4.69, 9.17) is 5.84 Å². The van der Waals surface area contributed by atoms with Crippen LogP contribution in [0.3, 0.4) is 0 Å². The molecule has 0 aliphatic carbocycles. The number of carbonyl (C=O) groups is 1. The number of halogens is 4. The zero-order valence-corrected chi connectivity index (χ0v) is 10.7. The van der Waals surface area contributed by atoms with Gasteiger partial charge in [0.2, 0.25) is 12.1 Å². The topological polar surface area (TPSA) is 84.6 Å². The summed E-state index contributed by atoms with van der Waals surface area (Å²) in [6.07, 6.45) is -11.1. The number of ether oxygens (including phenoxy) is 1. The number of hydrazine groups is 1. The third kappa shape index (κ3) is 5.20. The van der Waals surface area contributed by atoms with Crippen LogP contribution in [0.25, 0.3) is 0 Å². The molecule has 3 unspecified atom stereocenters. The average Bonchev–Trinajstić information content (AvgIpc) is 2.46. The zero-order chi connectivity index (χ0) is 16.0. The first-order chi connectivity index (χ1) is 9.85. The molecule has 0 heterocycles. The van der Waals surface area contributed by atoms with E-state index in [1.54, 1.807) is 0 Å². The van der Waals surface area contributed by atoms with Crippen LogP contribution >= 0.6 is 0 Å². The van der Waals surface area contributed by atoms with Crippen molar-refractivity contribution in [1.82, 2.24) is 5.43 Å². The minimum absolute atomic E-state index is 0.163. The molecule has 0 spiro atoms. The number of rotatable bonds is 7. The maximum Gasteiger partial charge on any atom is 0.275 e. The molecule has 1 rings (SSSR count). The van der Waals surface area contributed by atoms with Crippen LogP contribution in [0.2, 0.25) is 0 Å². The Hall–Kier alpha value is -1.87. The fourth-order valence-electron chi connectivity index (χ4n) is 1.46. The van der Waals surface area contributed by atoms with E-state index in [1.807, 2.05) is 5.43 Å². The van der Waals surface area contributed by atoms with Crippen molar-refractivity contribution in [2.75, 3.05) is 0 Å². The number of nitrogens with one attached hydrogen (secondary N) is 1. The number of alkyl halides is 4. The SMILES string of the molecule is NNC(=O)CC(O)c1cccc(OC(F)C(F)C(F)F)c1. The Balaban J connectivity index is 2.74. The molecule has 1 amide bonds. The monoisotopic (exact) mass is 310 g/mol. The van der Waals surface area contributed by atoms with Crippen molar-refractivity contribution in [3.05, 3.63) is 29.8 Å². The van der Waals surface area contributed by atoms with Gasteiger partial charge in [0.05, 0.1) is 12.5 Å². The Bertz CT molecular complexity index is 476. The van der Waals surface area contributed by atoms with Crippen LogP contribution in [-0.2, 0) is 4.79 Å². The molecule has 0 fully saturated rings. The lowest BCUT2D eigenvalue weighted by Crippen LogP contribution is -2.31. The van der Waals surface area contributed by atoms with Gasteiger partial charge in [-0.3, -0.25) is 10.2 Å². The second-order valence-electron chi connectivity index (χ2n) is 4.11. The molecular formula is C12H14F4N2O3. The highest BCUT2D eigenvalue weighted by atomic mass is 19.3. The van der Waals surface area contributed by atoms with Gasteiger partial charge in [0.25, 0.3) is 12.8 Å². The van der Waals surface area contributed by atoms with Gasteiger partial charge in [0, 0.05) is 0 Å². The Morgan fingerprint density at radius 3 is 2.57 bits per heavy atom. The van der Waals surface area contributed by atoms with Crippen molar-refractivity contribution in [1.29, 1.82) is 0 Å². The van der Waals surface area contributed by atoms with E-state index in [-0.39, 0.29) is 17.7 Å². The van der Waals surface area contributed by atoms with Crippen LogP contribution in [0.1, 0.15) is 18.1 Å². The average molecular weight is 310 g/mol. The summed E-state index contributed by atoms with van der Waals surface area (Å²) in [6.45, 7) is 0. The summed E-state index contributed by atoms with van der Waals surface area (Å²) in [5.74, 6) is 3.96. The van der Waals surface area contributed by atoms with E-state index >= 15 is 0 Å². The normalized spacial score (nSPS) is 15.4. The first-order valence-electron chi connectivity index (χ1n) is 5.85. The second kappa shape index (κ2) is 7.79. The van der Waals surface area contributed by atoms with Crippen molar-refractivity contribution < 1.29 is 32.2 Å². The lowest BCUT2D eigenvalue weighted by Gasteiger charge is -2.16. The van der Waals surface area contributed by atoms with Crippen molar-refractivity contribution in [2.45, 2.75) is 31.5 Å². The first-order valence-corrected chi connectivity index (χ1v) is 5.85. The smallest absolute Gasteiger partial charge is 0.275 e. The van der Waals surface area contributed by atoms with Crippen LogP contribution < -0.4 is 16.0 Å². The van der Waals surface area contributed by atoms with Crippen molar-refractivity contribution in [2.24, 2.45) is 5.84 Å². The summed E-state index contributed by atoms with van der Waals surface area (Å²) < 4.78 is 54.2. The molecular weight excluding hydrogens is 296 g/mol. The molecule has 0 aliphatic rings. The maximum atomic E-state index is 13.1. The zero-order valence-electron chi connectivity index (χ0n) is 10.7. The quantitative estimate of drug-likeness (QED) is 0.307. The van der Waals surface area contributed by atoms with Gasteiger partial charge < -0.3 is 9.84 Å². The molecule has 118 valence electrons. The summed E-state index contributed by atoms with van der Waals surface area (Å²) >= 11 is 0. The minimum Gasteiger partial charge on any atom is -0.457 e. The Morgan fingerprint density at radius 2 is 2.00 bits per heavy atom. The minimum atomic E-state index is -3.51. The fraction of sp³-hybridized carbons (Fsp3) is 0.417. The highest BCUT2D eigenvalue weighted by Gasteiger charge is 2.31. The van der Waals surface area contributed by atoms with E-state index < -0.39 is 31.0 Å². The van der Waals surface area contributed by atoms with E-state index in [1.165, 1.54) is 18.2 Å².